The van der Waals surface area contributed by atoms with Gasteiger partial charge in [-0.1, -0.05) is 11.6 Å². The highest BCUT2D eigenvalue weighted by atomic mass is 35.5. The molecule has 0 bridgehead atoms. The molecule has 1 N–H and O–H groups in total. The first kappa shape index (κ1) is 20.5. The molecule has 6 nitrogen and oxygen atoms in total. The van der Waals surface area contributed by atoms with Gasteiger partial charge in [-0.2, -0.15) is 0 Å². The maximum absolute atomic E-state index is 12.4. The Kier molecular flexibility index (Phi) is 6.92. The minimum atomic E-state index is -0.207. The highest BCUT2D eigenvalue weighted by molar-refractivity contribution is 6.32. The minimum absolute atomic E-state index is 0.207. The van der Waals surface area contributed by atoms with Crippen molar-refractivity contribution >= 4 is 17.5 Å². The molecule has 0 unspecified atom stereocenters. The van der Waals surface area contributed by atoms with Gasteiger partial charge in [-0.05, 0) is 61.0 Å². The fourth-order valence-electron chi connectivity index (χ4n) is 2.66. The van der Waals surface area contributed by atoms with Gasteiger partial charge >= 0.3 is 0 Å². The molecular formula is C22H21ClN2O4. The van der Waals surface area contributed by atoms with Gasteiger partial charge in [-0.25, -0.2) is 0 Å². The first-order valence-corrected chi connectivity index (χ1v) is 9.44. The van der Waals surface area contributed by atoms with Crippen molar-refractivity contribution in [2.45, 2.75) is 13.5 Å². The zero-order valence-electron chi connectivity index (χ0n) is 16.1. The van der Waals surface area contributed by atoms with Crippen LogP contribution in [-0.4, -0.2) is 24.6 Å². The number of nitrogens with one attached hydrogen (secondary N) is 1. The summed E-state index contributed by atoms with van der Waals surface area (Å²) < 4.78 is 16.5. The van der Waals surface area contributed by atoms with Crippen LogP contribution in [0.5, 0.6) is 23.0 Å². The number of carbonyl (C=O) groups is 1. The van der Waals surface area contributed by atoms with Gasteiger partial charge in [0.15, 0.2) is 11.5 Å². The number of nitrogens with zero attached hydrogens (tertiary/aromatic N) is 1. The van der Waals surface area contributed by atoms with Crippen LogP contribution in [0.3, 0.4) is 0 Å². The van der Waals surface area contributed by atoms with E-state index in [1.54, 1.807) is 62.0 Å². The van der Waals surface area contributed by atoms with Gasteiger partial charge in [0, 0.05) is 18.3 Å². The fraction of sp³-hybridized carbons (Fsp3) is 0.182. The first-order chi connectivity index (χ1) is 14.1. The lowest BCUT2D eigenvalue weighted by atomic mass is 10.1. The summed E-state index contributed by atoms with van der Waals surface area (Å²) in [5.41, 5.74) is 1.33. The summed E-state index contributed by atoms with van der Waals surface area (Å²) in [7, 11) is 1.55. The maximum Gasteiger partial charge on any atom is 0.251 e. The monoisotopic (exact) mass is 412 g/mol. The second-order valence-electron chi connectivity index (χ2n) is 6.04. The van der Waals surface area contributed by atoms with Gasteiger partial charge in [0.25, 0.3) is 5.91 Å². The molecule has 0 fully saturated rings. The van der Waals surface area contributed by atoms with E-state index < -0.39 is 0 Å². The van der Waals surface area contributed by atoms with Crippen LogP contribution in [0.1, 0.15) is 22.8 Å². The van der Waals surface area contributed by atoms with Gasteiger partial charge in [0.1, 0.15) is 11.5 Å². The molecule has 0 aliphatic rings. The molecule has 0 radical (unpaired) electrons. The molecular weight excluding hydrogens is 392 g/mol. The third-order valence-corrected chi connectivity index (χ3v) is 4.30. The summed E-state index contributed by atoms with van der Waals surface area (Å²) in [6.45, 7) is 2.65. The predicted molar refractivity (Wildman–Crippen MR) is 111 cm³/mol. The fourth-order valence-corrected chi connectivity index (χ4v) is 2.95. The van der Waals surface area contributed by atoms with Crippen molar-refractivity contribution < 1.29 is 19.0 Å². The third-order valence-electron chi connectivity index (χ3n) is 4.02. The van der Waals surface area contributed by atoms with Crippen molar-refractivity contribution in [1.82, 2.24) is 10.3 Å². The van der Waals surface area contributed by atoms with Crippen LogP contribution in [0.2, 0.25) is 5.02 Å². The molecule has 0 atom stereocenters. The van der Waals surface area contributed by atoms with Crippen LogP contribution in [-0.2, 0) is 6.54 Å². The van der Waals surface area contributed by atoms with E-state index >= 15 is 0 Å². The Morgan fingerprint density at radius 2 is 1.93 bits per heavy atom. The lowest BCUT2D eigenvalue weighted by Crippen LogP contribution is -2.22. The second kappa shape index (κ2) is 9.80. The lowest BCUT2D eigenvalue weighted by molar-refractivity contribution is 0.0951. The average Bonchev–Trinajstić information content (AvgIpc) is 2.75. The van der Waals surface area contributed by atoms with Gasteiger partial charge < -0.3 is 19.5 Å². The smallest absolute Gasteiger partial charge is 0.251 e. The van der Waals surface area contributed by atoms with Gasteiger partial charge in [0.2, 0.25) is 0 Å². The third kappa shape index (κ3) is 5.39. The molecule has 1 heterocycles. The maximum atomic E-state index is 12.4. The number of aromatic nitrogens is 1. The van der Waals surface area contributed by atoms with Crippen molar-refractivity contribution in [3.8, 4) is 23.0 Å². The summed E-state index contributed by atoms with van der Waals surface area (Å²) in [4.78, 5) is 16.4. The van der Waals surface area contributed by atoms with E-state index in [0.29, 0.717) is 46.7 Å². The van der Waals surface area contributed by atoms with Crippen molar-refractivity contribution in [3.05, 3.63) is 77.1 Å². The normalized spacial score (nSPS) is 10.3. The van der Waals surface area contributed by atoms with Crippen LogP contribution < -0.4 is 19.5 Å². The molecule has 7 heteroatoms. The van der Waals surface area contributed by atoms with Crippen molar-refractivity contribution in [3.63, 3.8) is 0 Å². The zero-order valence-corrected chi connectivity index (χ0v) is 16.9. The van der Waals surface area contributed by atoms with Crippen LogP contribution in [0.25, 0.3) is 0 Å². The number of carbonyl (C=O) groups excluding carboxylic acids is 1. The molecule has 150 valence electrons. The number of rotatable bonds is 8. The molecule has 0 spiro atoms. The highest BCUT2D eigenvalue weighted by Crippen LogP contribution is 2.36. The number of ether oxygens (including phenoxy) is 3. The van der Waals surface area contributed by atoms with Crippen molar-refractivity contribution in [1.29, 1.82) is 0 Å². The predicted octanol–water partition coefficient (Wildman–Crippen LogP) is 4.86. The van der Waals surface area contributed by atoms with Gasteiger partial charge in [-0.15, -0.1) is 0 Å². The van der Waals surface area contributed by atoms with E-state index in [-0.39, 0.29) is 5.91 Å². The van der Waals surface area contributed by atoms with Crippen molar-refractivity contribution in [2.24, 2.45) is 0 Å². The van der Waals surface area contributed by atoms with Crippen LogP contribution in [0.4, 0.5) is 0 Å². The van der Waals surface area contributed by atoms with Crippen LogP contribution in [0, 0.1) is 0 Å². The number of pyridine rings is 1. The zero-order chi connectivity index (χ0) is 20.6. The molecule has 1 amide bonds. The summed E-state index contributed by atoms with van der Waals surface area (Å²) in [6, 6.07) is 14.0. The highest BCUT2D eigenvalue weighted by Gasteiger charge is 2.13. The Labute approximate surface area is 174 Å². The largest absolute Gasteiger partial charge is 0.493 e. The Morgan fingerprint density at radius 3 is 2.59 bits per heavy atom. The van der Waals surface area contributed by atoms with Crippen LogP contribution >= 0.6 is 11.6 Å². The standard InChI is InChI=1S/C22H21ClN2O4/c1-3-28-21-19(23)11-15(12-20(21)27-2)13-25-22(26)16-6-8-17(9-7-16)29-18-5-4-10-24-14-18/h4-12,14H,3,13H2,1-2H3,(H,25,26). The molecule has 0 saturated carbocycles. The van der Waals surface area contributed by atoms with E-state index in [9.17, 15) is 4.79 Å². The molecule has 3 rings (SSSR count). The molecule has 0 aliphatic carbocycles. The molecule has 0 saturated heterocycles. The quantitative estimate of drug-likeness (QED) is 0.571. The Morgan fingerprint density at radius 1 is 1.14 bits per heavy atom. The Bertz CT molecular complexity index is 963. The van der Waals surface area contributed by atoms with E-state index in [1.165, 1.54) is 0 Å². The van der Waals surface area contributed by atoms with Gasteiger partial charge in [-0.3, -0.25) is 9.78 Å². The number of hydrogen-bond donors (Lipinski definition) is 1. The summed E-state index contributed by atoms with van der Waals surface area (Å²) in [5.74, 6) is 2.07. The molecule has 1 aromatic heterocycles. The summed E-state index contributed by atoms with van der Waals surface area (Å²) in [5, 5.41) is 3.31. The van der Waals surface area contributed by atoms with E-state index in [0.717, 1.165) is 5.56 Å². The molecule has 3 aromatic rings. The SMILES string of the molecule is CCOc1c(Cl)cc(CNC(=O)c2ccc(Oc3cccnc3)cc2)cc1OC. The summed E-state index contributed by atoms with van der Waals surface area (Å²) in [6.07, 6.45) is 3.30. The number of benzene rings is 2. The number of hydrogen-bond acceptors (Lipinski definition) is 5. The Balaban J connectivity index is 1.62. The van der Waals surface area contributed by atoms with Gasteiger partial charge in [0.05, 0.1) is 24.9 Å². The topological polar surface area (TPSA) is 69.7 Å². The lowest BCUT2D eigenvalue weighted by Gasteiger charge is -2.13. The van der Waals surface area contributed by atoms with E-state index in [1.807, 2.05) is 13.0 Å². The number of amides is 1. The second-order valence-corrected chi connectivity index (χ2v) is 6.45. The molecule has 2 aromatic carbocycles. The van der Waals surface area contributed by atoms with Crippen molar-refractivity contribution in [2.75, 3.05) is 13.7 Å². The van der Waals surface area contributed by atoms with E-state index in [2.05, 4.69) is 10.3 Å². The Hall–Kier alpha value is -3.25. The number of halogens is 1. The van der Waals surface area contributed by atoms with Crippen LogP contribution in [0.15, 0.2) is 60.9 Å². The average molecular weight is 413 g/mol. The minimum Gasteiger partial charge on any atom is -0.493 e. The number of methoxy groups -OCH3 is 1. The first-order valence-electron chi connectivity index (χ1n) is 9.06. The molecule has 29 heavy (non-hydrogen) atoms. The summed E-state index contributed by atoms with van der Waals surface area (Å²) >= 11 is 6.27. The molecule has 0 aliphatic heterocycles. The van der Waals surface area contributed by atoms with E-state index in [4.69, 9.17) is 25.8 Å².